The van der Waals surface area contributed by atoms with Gasteiger partial charge in [-0.3, -0.25) is 14.2 Å². The van der Waals surface area contributed by atoms with Crippen molar-refractivity contribution in [2.45, 2.75) is 44.6 Å². The smallest absolute Gasteiger partial charge is 0.246 e. The molecule has 0 aliphatic carbocycles. The summed E-state index contributed by atoms with van der Waals surface area (Å²) in [6.45, 7) is 6.20. The SMILES string of the molecule is Cc1nn(C)cc1[C@H](C)NC(=O)C1CCN(S(=O)(=O)c2cn(C)nc2C)CC1. The highest BCUT2D eigenvalue weighted by Gasteiger charge is 2.34. The molecule has 28 heavy (non-hydrogen) atoms. The number of rotatable bonds is 5. The van der Waals surface area contributed by atoms with Gasteiger partial charge in [-0.15, -0.1) is 0 Å². The van der Waals surface area contributed by atoms with Gasteiger partial charge in [0.2, 0.25) is 15.9 Å². The van der Waals surface area contributed by atoms with Gasteiger partial charge in [-0.2, -0.15) is 14.5 Å². The summed E-state index contributed by atoms with van der Waals surface area (Å²) in [5.74, 6) is -0.230. The van der Waals surface area contributed by atoms with Gasteiger partial charge in [0.25, 0.3) is 0 Å². The molecule has 0 unspecified atom stereocenters. The summed E-state index contributed by atoms with van der Waals surface area (Å²) in [7, 11) is -0.0282. The largest absolute Gasteiger partial charge is 0.349 e. The van der Waals surface area contributed by atoms with E-state index in [0.29, 0.717) is 31.6 Å². The summed E-state index contributed by atoms with van der Waals surface area (Å²) in [6, 6.07) is -0.138. The Hall–Kier alpha value is -2.20. The van der Waals surface area contributed by atoms with Crippen molar-refractivity contribution in [2.24, 2.45) is 20.0 Å². The molecule has 1 amide bonds. The van der Waals surface area contributed by atoms with E-state index in [1.165, 1.54) is 15.2 Å². The van der Waals surface area contributed by atoms with E-state index in [9.17, 15) is 13.2 Å². The molecule has 3 heterocycles. The zero-order chi connectivity index (χ0) is 20.6. The summed E-state index contributed by atoms with van der Waals surface area (Å²) in [5, 5.41) is 11.5. The molecule has 0 aromatic carbocycles. The van der Waals surface area contributed by atoms with Crippen LogP contribution in [0.2, 0.25) is 0 Å². The van der Waals surface area contributed by atoms with Gasteiger partial charge in [0.15, 0.2) is 0 Å². The molecule has 2 aromatic heterocycles. The summed E-state index contributed by atoms with van der Waals surface area (Å²) >= 11 is 0. The van der Waals surface area contributed by atoms with Crippen LogP contribution in [0.25, 0.3) is 0 Å². The lowest BCUT2D eigenvalue weighted by Crippen LogP contribution is -2.43. The first-order chi connectivity index (χ1) is 13.1. The molecule has 0 bridgehead atoms. The Kier molecular flexibility index (Phi) is 5.62. The summed E-state index contributed by atoms with van der Waals surface area (Å²) < 4.78 is 30.4. The molecule has 1 fully saturated rings. The van der Waals surface area contributed by atoms with Crippen molar-refractivity contribution in [2.75, 3.05) is 13.1 Å². The van der Waals surface area contributed by atoms with E-state index in [0.717, 1.165) is 11.3 Å². The van der Waals surface area contributed by atoms with E-state index in [4.69, 9.17) is 0 Å². The minimum absolute atomic E-state index is 0.0367. The molecule has 9 nitrogen and oxygen atoms in total. The van der Waals surface area contributed by atoms with Gasteiger partial charge in [0.05, 0.1) is 17.4 Å². The normalized spacial score (nSPS) is 17.6. The predicted octanol–water partition coefficient (Wildman–Crippen LogP) is 1.05. The second-order valence-corrected chi connectivity index (χ2v) is 9.41. The zero-order valence-electron chi connectivity index (χ0n) is 17.0. The molecular formula is C18H28N6O3S. The highest BCUT2D eigenvalue weighted by Crippen LogP contribution is 2.26. The highest BCUT2D eigenvalue weighted by molar-refractivity contribution is 7.89. The van der Waals surface area contributed by atoms with Crippen LogP contribution >= 0.6 is 0 Å². The van der Waals surface area contributed by atoms with Crippen molar-refractivity contribution in [3.8, 4) is 0 Å². The molecule has 0 spiro atoms. The first-order valence-corrected chi connectivity index (χ1v) is 10.8. The van der Waals surface area contributed by atoms with Gasteiger partial charge in [-0.25, -0.2) is 8.42 Å². The maximum Gasteiger partial charge on any atom is 0.246 e. The van der Waals surface area contributed by atoms with Crippen molar-refractivity contribution in [3.63, 3.8) is 0 Å². The van der Waals surface area contributed by atoms with Crippen LogP contribution in [0, 0.1) is 19.8 Å². The van der Waals surface area contributed by atoms with Crippen LogP contribution in [0.1, 0.15) is 42.8 Å². The predicted molar refractivity (Wildman–Crippen MR) is 104 cm³/mol. The van der Waals surface area contributed by atoms with E-state index < -0.39 is 10.0 Å². The Morgan fingerprint density at radius 3 is 2.18 bits per heavy atom. The molecule has 1 saturated heterocycles. The Labute approximate surface area is 165 Å². The molecule has 3 rings (SSSR count). The lowest BCUT2D eigenvalue weighted by atomic mass is 9.96. The number of carbonyl (C=O) groups excluding carboxylic acids is 1. The minimum Gasteiger partial charge on any atom is -0.349 e. The third-order valence-electron chi connectivity index (χ3n) is 5.29. The second kappa shape index (κ2) is 7.67. The van der Waals surface area contributed by atoms with Crippen LogP contribution in [0.15, 0.2) is 17.3 Å². The number of piperidine rings is 1. The number of nitrogens with zero attached hydrogens (tertiary/aromatic N) is 5. The summed E-state index contributed by atoms with van der Waals surface area (Å²) in [5.41, 5.74) is 2.37. The quantitative estimate of drug-likeness (QED) is 0.797. The number of hydrogen-bond acceptors (Lipinski definition) is 5. The first-order valence-electron chi connectivity index (χ1n) is 9.40. The van der Waals surface area contributed by atoms with Crippen molar-refractivity contribution in [3.05, 3.63) is 29.3 Å². The molecule has 154 valence electrons. The van der Waals surface area contributed by atoms with Gasteiger partial charge >= 0.3 is 0 Å². The van der Waals surface area contributed by atoms with Gasteiger partial charge in [-0.1, -0.05) is 0 Å². The van der Waals surface area contributed by atoms with Gasteiger partial charge in [-0.05, 0) is 33.6 Å². The first kappa shape index (κ1) is 20.5. The molecule has 1 N–H and O–H groups in total. The highest BCUT2D eigenvalue weighted by atomic mass is 32.2. The molecule has 2 aromatic rings. The van der Waals surface area contributed by atoms with Crippen LogP contribution in [-0.2, 0) is 28.9 Å². The van der Waals surface area contributed by atoms with Gasteiger partial charge in [0.1, 0.15) is 4.90 Å². The van der Waals surface area contributed by atoms with Crippen molar-refractivity contribution >= 4 is 15.9 Å². The number of nitrogens with one attached hydrogen (secondary N) is 1. The van der Waals surface area contributed by atoms with Crippen molar-refractivity contribution in [1.29, 1.82) is 0 Å². The molecule has 1 atom stereocenters. The second-order valence-electron chi connectivity index (χ2n) is 7.50. The topological polar surface area (TPSA) is 102 Å². The fourth-order valence-corrected chi connectivity index (χ4v) is 5.45. The van der Waals surface area contributed by atoms with Crippen molar-refractivity contribution in [1.82, 2.24) is 29.2 Å². The monoisotopic (exact) mass is 408 g/mol. The van der Waals surface area contributed by atoms with E-state index in [1.807, 2.05) is 27.1 Å². The lowest BCUT2D eigenvalue weighted by molar-refractivity contribution is -0.126. The molecule has 1 aliphatic rings. The maximum atomic E-state index is 12.9. The van der Waals surface area contributed by atoms with E-state index in [-0.39, 0.29) is 22.8 Å². The van der Waals surface area contributed by atoms with Crippen LogP contribution < -0.4 is 5.32 Å². The Morgan fingerprint density at radius 2 is 1.68 bits per heavy atom. The number of aryl methyl sites for hydroxylation is 4. The van der Waals surface area contributed by atoms with Crippen LogP contribution in [0.3, 0.4) is 0 Å². The molecule has 10 heteroatoms. The molecule has 1 aliphatic heterocycles. The van der Waals surface area contributed by atoms with E-state index in [1.54, 1.807) is 18.7 Å². The van der Waals surface area contributed by atoms with Crippen LogP contribution in [0.4, 0.5) is 0 Å². The average Bonchev–Trinajstić information content (AvgIpc) is 3.15. The van der Waals surface area contributed by atoms with Gasteiger partial charge < -0.3 is 5.32 Å². The lowest BCUT2D eigenvalue weighted by Gasteiger charge is -2.31. The minimum atomic E-state index is -3.58. The van der Waals surface area contributed by atoms with Gasteiger partial charge in [0, 0.05) is 51.1 Å². The maximum absolute atomic E-state index is 12.9. The average molecular weight is 409 g/mol. The Morgan fingerprint density at radius 1 is 1.11 bits per heavy atom. The fourth-order valence-electron chi connectivity index (χ4n) is 3.78. The number of aromatic nitrogens is 4. The van der Waals surface area contributed by atoms with E-state index in [2.05, 4.69) is 15.5 Å². The fraction of sp³-hybridized carbons (Fsp3) is 0.611. The number of carbonyl (C=O) groups is 1. The molecular weight excluding hydrogens is 380 g/mol. The standard InChI is InChI=1S/C18H28N6O3S/c1-12(16-10-22(4)20-13(16)2)19-18(25)15-6-8-24(9-7-15)28(26,27)17-11-23(5)21-14(17)3/h10-12,15H,6-9H2,1-5H3,(H,19,25)/t12-/m0/s1. The van der Waals surface area contributed by atoms with E-state index >= 15 is 0 Å². The summed E-state index contributed by atoms with van der Waals surface area (Å²) in [6.07, 6.45) is 4.44. The molecule has 0 radical (unpaired) electrons. The van der Waals surface area contributed by atoms with Crippen molar-refractivity contribution < 1.29 is 13.2 Å². The number of sulfonamides is 1. The molecule has 0 saturated carbocycles. The number of amides is 1. The zero-order valence-corrected chi connectivity index (χ0v) is 17.8. The third kappa shape index (κ3) is 3.97. The van der Waals surface area contributed by atoms with Crippen LogP contribution in [-0.4, -0.2) is 51.3 Å². The summed E-state index contributed by atoms with van der Waals surface area (Å²) in [4.78, 5) is 12.9. The third-order valence-corrected chi connectivity index (χ3v) is 7.29. The Bertz CT molecular complexity index is 970. The van der Waals surface area contributed by atoms with Crippen LogP contribution in [0.5, 0.6) is 0 Å². The number of hydrogen-bond donors (Lipinski definition) is 1. The Balaban J connectivity index is 1.61.